The molecule has 4 rings (SSSR count). The highest BCUT2D eigenvalue weighted by molar-refractivity contribution is 5.91. The van der Waals surface area contributed by atoms with Crippen LogP contribution in [0.5, 0.6) is 28.7 Å². The maximum Gasteiger partial charge on any atom is 0.343 e. The molecule has 1 heterocycles. The summed E-state index contributed by atoms with van der Waals surface area (Å²) >= 11 is 0. The van der Waals surface area contributed by atoms with Crippen molar-refractivity contribution in [1.29, 1.82) is 5.26 Å². The monoisotopic (exact) mass is 514 g/mol. The molecule has 2 N–H and O–H groups in total. The lowest BCUT2D eigenvalue weighted by Gasteiger charge is -2.27. The number of ether oxygens (including phenoxy) is 5. The Hall–Kier alpha value is -4.64. The average Bonchev–Trinajstić information content (AvgIpc) is 2.92. The summed E-state index contributed by atoms with van der Waals surface area (Å²) < 4.78 is 28.5. The molecule has 196 valence electrons. The second-order valence-corrected chi connectivity index (χ2v) is 8.46. The Labute approximate surface area is 222 Å². The van der Waals surface area contributed by atoms with Crippen LogP contribution in [0.2, 0.25) is 0 Å². The van der Waals surface area contributed by atoms with E-state index in [1.807, 2.05) is 39.0 Å². The number of nitrogens with zero attached hydrogens (tertiary/aromatic N) is 1. The van der Waals surface area contributed by atoms with E-state index in [1.165, 1.54) is 0 Å². The Morgan fingerprint density at radius 2 is 1.76 bits per heavy atom. The molecule has 1 aliphatic heterocycles. The number of fused-ring (bicyclic) bond motifs is 1. The van der Waals surface area contributed by atoms with Crippen molar-refractivity contribution in [2.45, 2.75) is 33.1 Å². The number of rotatable bonds is 10. The molecule has 0 radical (unpaired) electrons. The lowest BCUT2D eigenvalue weighted by molar-refractivity contribution is 0.0734. The summed E-state index contributed by atoms with van der Waals surface area (Å²) in [5.41, 5.74) is 8.30. The summed E-state index contributed by atoms with van der Waals surface area (Å²) in [5, 5.41) is 9.92. The number of carbonyl (C=O) groups is 1. The van der Waals surface area contributed by atoms with Crippen LogP contribution >= 0.6 is 0 Å². The molecule has 38 heavy (non-hydrogen) atoms. The smallest absolute Gasteiger partial charge is 0.343 e. The largest absolute Gasteiger partial charge is 0.494 e. The zero-order valence-electron chi connectivity index (χ0n) is 21.7. The fourth-order valence-electron chi connectivity index (χ4n) is 4.19. The minimum atomic E-state index is -0.538. The minimum absolute atomic E-state index is 0.0119. The lowest BCUT2D eigenvalue weighted by Crippen LogP contribution is -2.21. The topological polar surface area (TPSA) is 113 Å². The number of carbonyl (C=O) groups excluding carboxylic acids is 1. The number of allylic oxidation sites excluding steroid dienone is 1. The third kappa shape index (κ3) is 5.68. The summed E-state index contributed by atoms with van der Waals surface area (Å²) in [6.07, 6.45) is 0.864. The molecular weight excluding hydrogens is 484 g/mol. The van der Waals surface area contributed by atoms with Crippen LogP contribution in [0.3, 0.4) is 0 Å². The standard InChI is InChI=1S/C30H30N2O6/c1-4-14-36-25-13-10-19(16-27(25)35-6-3)28-23-12-11-22(17-26(23)38-29(32)24(28)18-31)37-30(33)20-8-7-9-21(15-20)34-5-2/h7-13,15-17,28H,4-6,14,32H2,1-3H3. The molecule has 8 nitrogen and oxygen atoms in total. The predicted octanol–water partition coefficient (Wildman–Crippen LogP) is 5.71. The van der Waals surface area contributed by atoms with E-state index in [4.69, 9.17) is 29.4 Å². The van der Waals surface area contributed by atoms with Crippen molar-refractivity contribution >= 4 is 5.97 Å². The van der Waals surface area contributed by atoms with Gasteiger partial charge in [0.2, 0.25) is 5.88 Å². The van der Waals surface area contributed by atoms with Gasteiger partial charge in [0.25, 0.3) is 0 Å². The van der Waals surface area contributed by atoms with Crippen molar-refractivity contribution in [2.75, 3.05) is 19.8 Å². The van der Waals surface area contributed by atoms with Crippen LogP contribution in [0.1, 0.15) is 54.6 Å². The van der Waals surface area contributed by atoms with E-state index in [0.717, 1.165) is 12.0 Å². The molecule has 3 aromatic rings. The van der Waals surface area contributed by atoms with E-state index in [0.29, 0.717) is 53.9 Å². The van der Waals surface area contributed by atoms with Crippen LogP contribution in [0, 0.1) is 11.3 Å². The van der Waals surface area contributed by atoms with Crippen molar-refractivity contribution in [2.24, 2.45) is 5.73 Å². The zero-order chi connectivity index (χ0) is 27.1. The Morgan fingerprint density at radius 1 is 0.947 bits per heavy atom. The van der Waals surface area contributed by atoms with Crippen molar-refractivity contribution < 1.29 is 28.5 Å². The molecule has 0 fully saturated rings. The highest BCUT2D eigenvalue weighted by atomic mass is 16.5. The van der Waals surface area contributed by atoms with Crippen molar-refractivity contribution in [3.63, 3.8) is 0 Å². The maximum absolute atomic E-state index is 12.8. The summed E-state index contributed by atoms with van der Waals surface area (Å²) in [6.45, 7) is 7.31. The van der Waals surface area contributed by atoms with Gasteiger partial charge < -0.3 is 29.4 Å². The first-order chi connectivity index (χ1) is 18.5. The van der Waals surface area contributed by atoms with Gasteiger partial charge in [-0.05, 0) is 62.2 Å². The first-order valence-electron chi connectivity index (χ1n) is 12.5. The van der Waals surface area contributed by atoms with Gasteiger partial charge >= 0.3 is 5.97 Å². The molecule has 3 aromatic carbocycles. The second kappa shape index (κ2) is 12.1. The molecule has 0 saturated carbocycles. The Kier molecular flexibility index (Phi) is 8.39. The summed E-state index contributed by atoms with van der Waals surface area (Å²) in [5.74, 6) is 1.42. The third-order valence-corrected chi connectivity index (χ3v) is 5.84. The number of hydrogen-bond donors (Lipinski definition) is 1. The number of benzene rings is 3. The molecule has 0 bridgehead atoms. The summed E-state index contributed by atoms with van der Waals surface area (Å²) in [7, 11) is 0. The molecule has 0 aliphatic carbocycles. The zero-order valence-corrected chi connectivity index (χ0v) is 21.7. The molecule has 0 spiro atoms. The number of esters is 1. The molecule has 0 aromatic heterocycles. The minimum Gasteiger partial charge on any atom is -0.494 e. The molecule has 1 unspecified atom stereocenters. The van der Waals surface area contributed by atoms with Crippen LogP contribution in [-0.4, -0.2) is 25.8 Å². The first kappa shape index (κ1) is 26.4. The van der Waals surface area contributed by atoms with Gasteiger partial charge in [0.05, 0.1) is 31.3 Å². The van der Waals surface area contributed by atoms with Gasteiger partial charge in [-0.25, -0.2) is 4.79 Å². The van der Waals surface area contributed by atoms with Crippen LogP contribution in [-0.2, 0) is 0 Å². The molecule has 0 saturated heterocycles. The van der Waals surface area contributed by atoms with Crippen LogP contribution in [0.25, 0.3) is 0 Å². The van der Waals surface area contributed by atoms with Crippen molar-refractivity contribution in [3.05, 3.63) is 88.8 Å². The Bertz CT molecular complexity index is 1390. The highest BCUT2D eigenvalue weighted by Crippen LogP contribution is 2.45. The third-order valence-electron chi connectivity index (χ3n) is 5.84. The Morgan fingerprint density at radius 3 is 2.50 bits per heavy atom. The molecule has 0 amide bonds. The Balaban J connectivity index is 1.66. The van der Waals surface area contributed by atoms with E-state index in [-0.39, 0.29) is 17.2 Å². The second-order valence-electron chi connectivity index (χ2n) is 8.46. The molecule has 1 atom stereocenters. The van der Waals surface area contributed by atoms with Crippen LogP contribution < -0.4 is 29.4 Å². The van der Waals surface area contributed by atoms with Crippen LogP contribution in [0.4, 0.5) is 0 Å². The summed E-state index contributed by atoms with van der Waals surface area (Å²) in [6, 6.07) is 19.6. The van der Waals surface area contributed by atoms with Gasteiger partial charge in [0.15, 0.2) is 11.5 Å². The van der Waals surface area contributed by atoms with Gasteiger partial charge in [-0.15, -0.1) is 0 Å². The fourth-order valence-corrected chi connectivity index (χ4v) is 4.19. The van der Waals surface area contributed by atoms with Crippen LogP contribution in [0.15, 0.2) is 72.1 Å². The predicted molar refractivity (Wildman–Crippen MR) is 142 cm³/mol. The van der Waals surface area contributed by atoms with Crippen molar-refractivity contribution in [3.8, 4) is 34.8 Å². The molecular formula is C30H30N2O6. The van der Waals surface area contributed by atoms with E-state index in [2.05, 4.69) is 6.07 Å². The van der Waals surface area contributed by atoms with Gasteiger partial charge in [0.1, 0.15) is 28.9 Å². The SMILES string of the molecule is CCCOc1ccc(C2C(C#N)=C(N)Oc3cc(OC(=O)c4cccc(OCC)c4)ccc32)cc1OCC. The van der Waals surface area contributed by atoms with E-state index < -0.39 is 11.9 Å². The first-order valence-corrected chi connectivity index (χ1v) is 12.5. The summed E-state index contributed by atoms with van der Waals surface area (Å²) in [4.78, 5) is 12.8. The van der Waals surface area contributed by atoms with Gasteiger partial charge in [-0.1, -0.05) is 25.1 Å². The average molecular weight is 515 g/mol. The fraction of sp³-hybridized carbons (Fsp3) is 0.267. The van der Waals surface area contributed by atoms with Crippen molar-refractivity contribution in [1.82, 2.24) is 0 Å². The quantitative estimate of drug-likeness (QED) is 0.270. The number of hydrogen-bond acceptors (Lipinski definition) is 8. The lowest BCUT2D eigenvalue weighted by atomic mass is 9.83. The molecule has 8 heteroatoms. The maximum atomic E-state index is 12.8. The molecule has 1 aliphatic rings. The van der Waals surface area contributed by atoms with Gasteiger partial charge in [-0.3, -0.25) is 0 Å². The number of nitriles is 1. The van der Waals surface area contributed by atoms with E-state index in [9.17, 15) is 10.1 Å². The highest BCUT2D eigenvalue weighted by Gasteiger charge is 2.32. The van der Waals surface area contributed by atoms with E-state index in [1.54, 1.807) is 42.5 Å². The van der Waals surface area contributed by atoms with Gasteiger partial charge in [0, 0.05) is 11.6 Å². The number of nitrogens with two attached hydrogens (primary N) is 1. The normalized spacial score (nSPS) is 14.1. The van der Waals surface area contributed by atoms with E-state index >= 15 is 0 Å². The van der Waals surface area contributed by atoms with Gasteiger partial charge in [-0.2, -0.15) is 5.26 Å².